The third-order valence-electron chi connectivity index (χ3n) is 5.27. The first-order valence-electron chi connectivity index (χ1n) is 9.58. The maximum absolute atomic E-state index is 9.43. The van der Waals surface area contributed by atoms with Crippen molar-refractivity contribution >= 4 is 33.5 Å². The first-order valence-corrected chi connectivity index (χ1v) is 10.4. The molecule has 2 aliphatic rings. The SMILES string of the molecule is CC(C)c1nc2c(s1)Nc1ccccc1N=C2N1CCN(C)C(CCO)C1. The minimum Gasteiger partial charge on any atom is -0.396 e. The molecule has 0 bridgehead atoms. The molecule has 2 aliphatic heterocycles. The molecule has 1 fully saturated rings. The highest BCUT2D eigenvalue weighted by atomic mass is 32.1. The summed E-state index contributed by atoms with van der Waals surface area (Å²) in [6.45, 7) is 7.28. The molecule has 0 saturated carbocycles. The van der Waals surface area contributed by atoms with E-state index in [0.717, 1.165) is 59.0 Å². The predicted octanol–water partition coefficient (Wildman–Crippen LogP) is 3.40. The Morgan fingerprint density at radius 1 is 1.30 bits per heavy atom. The number of aliphatic hydroxyl groups is 1. The highest BCUT2D eigenvalue weighted by Crippen LogP contribution is 2.39. The lowest BCUT2D eigenvalue weighted by molar-refractivity contribution is 0.115. The molecule has 1 aromatic carbocycles. The van der Waals surface area contributed by atoms with Crippen LogP contribution >= 0.6 is 11.3 Å². The fourth-order valence-electron chi connectivity index (χ4n) is 3.61. The molecule has 6 nitrogen and oxygen atoms in total. The van der Waals surface area contributed by atoms with Crippen LogP contribution < -0.4 is 5.32 Å². The predicted molar refractivity (Wildman–Crippen MR) is 112 cm³/mol. The second-order valence-corrected chi connectivity index (χ2v) is 8.59. The van der Waals surface area contributed by atoms with Crippen molar-refractivity contribution in [2.24, 2.45) is 4.99 Å². The molecule has 0 spiro atoms. The smallest absolute Gasteiger partial charge is 0.158 e. The van der Waals surface area contributed by atoms with E-state index in [1.165, 1.54) is 0 Å². The van der Waals surface area contributed by atoms with Gasteiger partial charge in [-0.3, -0.25) is 4.90 Å². The van der Waals surface area contributed by atoms with Crippen molar-refractivity contribution in [1.82, 2.24) is 14.8 Å². The number of thiazole rings is 1. The first kappa shape index (κ1) is 18.4. The number of rotatable bonds is 3. The lowest BCUT2D eigenvalue weighted by atomic mass is 10.1. The Kier molecular flexibility index (Phi) is 5.16. The number of piperazine rings is 1. The fraction of sp³-hybridized carbons (Fsp3) is 0.500. The van der Waals surface area contributed by atoms with Crippen LogP contribution in [0.5, 0.6) is 0 Å². The number of hydrogen-bond acceptors (Lipinski definition) is 7. The van der Waals surface area contributed by atoms with E-state index in [1.54, 1.807) is 11.3 Å². The van der Waals surface area contributed by atoms with E-state index >= 15 is 0 Å². The minimum absolute atomic E-state index is 0.208. The third-order valence-corrected chi connectivity index (χ3v) is 6.54. The van der Waals surface area contributed by atoms with Crippen LogP contribution in [0.1, 0.15) is 36.9 Å². The number of anilines is 2. The molecule has 2 N–H and O–H groups in total. The Bertz CT molecular complexity index is 847. The molecule has 2 aromatic rings. The number of para-hydroxylation sites is 2. The molecule has 4 rings (SSSR count). The summed E-state index contributed by atoms with van der Waals surface area (Å²) in [7, 11) is 2.13. The zero-order valence-corrected chi connectivity index (χ0v) is 17.0. The van der Waals surface area contributed by atoms with Crippen molar-refractivity contribution in [2.75, 3.05) is 38.6 Å². The Morgan fingerprint density at radius 2 is 2.11 bits per heavy atom. The van der Waals surface area contributed by atoms with E-state index in [1.807, 2.05) is 18.2 Å². The van der Waals surface area contributed by atoms with Crippen LogP contribution in [-0.2, 0) is 0 Å². The summed E-state index contributed by atoms with van der Waals surface area (Å²) in [6.07, 6.45) is 0.774. The van der Waals surface area contributed by atoms with Crippen LogP contribution in [0.2, 0.25) is 0 Å². The molecule has 0 amide bonds. The van der Waals surface area contributed by atoms with Crippen LogP contribution in [0.4, 0.5) is 16.4 Å². The third kappa shape index (κ3) is 3.59. The number of nitrogens with zero attached hydrogens (tertiary/aromatic N) is 4. The highest BCUT2D eigenvalue weighted by molar-refractivity contribution is 7.16. The molecule has 1 aromatic heterocycles. The van der Waals surface area contributed by atoms with Crippen LogP contribution in [0.25, 0.3) is 0 Å². The molecule has 0 aliphatic carbocycles. The number of amidine groups is 1. The van der Waals surface area contributed by atoms with Gasteiger partial charge in [0.15, 0.2) is 5.84 Å². The van der Waals surface area contributed by atoms with Crippen LogP contribution in [0, 0.1) is 0 Å². The quantitative estimate of drug-likeness (QED) is 0.848. The number of nitrogens with one attached hydrogen (secondary N) is 1. The van der Waals surface area contributed by atoms with Crippen molar-refractivity contribution in [3.8, 4) is 0 Å². The van der Waals surface area contributed by atoms with Crippen molar-refractivity contribution in [1.29, 1.82) is 0 Å². The summed E-state index contributed by atoms with van der Waals surface area (Å²) in [5.74, 6) is 1.33. The van der Waals surface area contributed by atoms with Gasteiger partial charge in [-0.05, 0) is 25.6 Å². The number of benzene rings is 1. The maximum Gasteiger partial charge on any atom is 0.158 e. The van der Waals surface area contributed by atoms with Crippen molar-refractivity contribution in [3.63, 3.8) is 0 Å². The van der Waals surface area contributed by atoms with Gasteiger partial charge in [0.2, 0.25) is 0 Å². The molecule has 1 atom stereocenters. The number of aromatic nitrogens is 1. The van der Waals surface area contributed by atoms with Crippen LogP contribution in [0.3, 0.4) is 0 Å². The lowest BCUT2D eigenvalue weighted by Crippen LogP contribution is -2.53. The Hall–Kier alpha value is -1.96. The summed E-state index contributed by atoms with van der Waals surface area (Å²) in [4.78, 5) is 14.7. The maximum atomic E-state index is 9.43. The van der Waals surface area contributed by atoms with E-state index in [9.17, 15) is 5.11 Å². The zero-order chi connectivity index (χ0) is 19.0. The molecule has 1 saturated heterocycles. The summed E-state index contributed by atoms with van der Waals surface area (Å²) in [5.41, 5.74) is 2.92. The Labute approximate surface area is 164 Å². The van der Waals surface area contributed by atoms with Crippen LogP contribution in [0.15, 0.2) is 29.3 Å². The summed E-state index contributed by atoms with van der Waals surface area (Å²) in [6, 6.07) is 8.49. The van der Waals surface area contributed by atoms with Crippen LogP contribution in [-0.4, -0.2) is 65.1 Å². The second kappa shape index (κ2) is 7.58. The van der Waals surface area contributed by atoms with E-state index in [4.69, 9.17) is 9.98 Å². The largest absolute Gasteiger partial charge is 0.396 e. The molecule has 27 heavy (non-hydrogen) atoms. The van der Waals surface area contributed by atoms with Gasteiger partial charge >= 0.3 is 0 Å². The average Bonchev–Trinajstić information content (AvgIpc) is 3.00. The zero-order valence-electron chi connectivity index (χ0n) is 16.1. The van der Waals surface area contributed by atoms with Gasteiger partial charge in [0.25, 0.3) is 0 Å². The van der Waals surface area contributed by atoms with E-state index in [2.05, 4.69) is 42.1 Å². The molecular weight excluding hydrogens is 358 g/mol. The van der Waals surface area contributed by atoms with Crippen molar-refractivity contribution in [3.05, 3.63) is 35.0 Å². The molecule has 3 heterocycles. The first-order chi connectivity index (χ1) is 13.1. The van der Waals surface area contributed by atoms with Gasteiger partial charge in [0.1, 0.15) is 10.7 Å². The number of aliphatic imine (C=N–C) groups is 1. The standard InChI is InChI=1S/C20H27N5OS/c1-13(2)19-23-17-18(25-10-9-24(3)14(12-25)8-11-26)21-15-6-4-5-7-16(15)22-20(17)27-19/h4-7,13-14,22,26H,8-12H2,1-3H3. The molecule has 1 unspecified atom stereocenters. The van der Waals surface area contributed by atoms with E-state index < -0.39 is 0 Å². The number of likely N-dealkylation sites (N-methyl/N-ethyl adjacent to an activating group) is 1. The summed E-state index contributed by atoms with van der Waals surface area (Å²) < 4.78 is 0. The highest BCUT2D eigenvalue weighted by Gasteiger charge is 2.31. The van der Waals surface area contributed by atoms with Gasteiger partial charge in [0, 0.05) is 38.2 Å². The van der Waals surface area contributed by atoms with Gasteiger partial charge in [-0.25, -0.2) is 9.98 Å². The van der Waals surface area contributed by atoms with E-state index in [0.29, 0.717) is 12.0 Å². The topological polar surface area (TPSA) is 64.0 Å². The monoisotopic (exact) mass is 385 g/mol. The normalized spacial score (nSPS) is 20.0. The number of aliphatic hydroxyl groups excluding tert-OH is 1. The summed E-state index contributed by atoms with van der Waals surface area (Å²) >= 11 is 1.72. The van der Waals surface area contributed by atoms with Gasteiger partial charge in [-0.2, -0.15) is 0 Å². The molecule has 0 radical (unpaired) electrons. The minimum atomic E-state index is 0.208. The average molecular weight is 386 g/mol. The second-order valence-electron chi connectivity index (χ2n) is 7.55. The molecule has 144 valence electrons. The van der Waals surface area contributed by atoms with Gasteiger partial charge in [-0.1, -0.05) is 26.0 Å². The van der Waals surface area contributed by atoms with Gasteiger partial charge < -0.3 is 15.3 Å². The fourth-order valence-corrected chi connectivity index (χ4v) is 4.58. The number of fused-ring (bicyclic) bond motifs is 2. The number of hydrogen-bond donors (Lipinski definition) is 2. The molecule has 7 heteroatoms. The van der Waals surface area contributed by atoms with Gasteiger partial charge in [-0.15, -0.1) is 11.3 Å². The van der Waals surface area contributed by atoms with Crippen molar-refractivity contribution < 1.29 is 5.11 Å². The Morgan fingerprint density at radius 3 is 2.89 bits per heavy atom. The van der Waals surface area contributed by atoms with E-state index in [-0.39, 0.29) is 6.61 Å². The molecular formula is C20H27N5OS. The summed E-state index contributed by atoms with van der Waals surface area (Å²) in [5, 5.41) is 15.2. The lowest BCUT2D eigenvalue weighted by Gasteiger charge is -2.40. The van der Waals surface area contributed by atoms with Gasteiger partial charge in [0.05, 0.1) is 16.4 Å². The van der Waals surface area contributed by atoms with Crippen molar-refractivity contribution in [2.45, 2.75) is 32.2 Å². The Balaban J connectivity index is 1.76.